The average molecular weight is 337 g/mol. The summed E-state index contributed by atoms with van der Waals surface area (Å²) in [6, 6.07) is 15.9. The molecule has 0 radical (unpaired) electrons. The second kappa shape index (κ2) is 5.46. The number of hydrogen-bond acceptors (Lipinski definition) is 5. The van der Waals surface area contributed by atoms with Gasteiger partial charge in [0.15, 0.2) is 5.72 Å². The van der Waals surface area contributed by atoms with E-state index in [-0.39, 0.29) is 18.1 Å². The van der Waals surface area contributed by atoms with Crippen molar-refractivity contribution in [2.75, 3.05) is 20.1 Å². The fourth-order valence-corrected chi connectivity index (χ4v) is 4.64. The first kappa shape index (κ1) is 15.2. The van der Waals surface area contributed by atoms with Crippen molar-refractivity contribution in [2.45, 2.75) is 24.4 Å². The van der Waals surface area contributed by atoms with Crippen LogP contribution in [0.25, 0.3) is 0 Å². The highest BCUT2D eigenvalue weighted by atomic mass is 16.5. The lowest BCUT2D eigenvalue weighted by Crippen LogP contribution is -2.72. The van der Waals surface area contributed by atoms with Crippen molar-refractivity contribution in [3.8, 4) is 11.5 Å². The van der Waals surface area contributed by atoms with E-state index >= 15 is 0 Å². The van der Waals surface area contributed by atoms with Gasteiger partial charge in [0.05, 0.1) is 6.17 Å². The number of phenols is 1. The topological polar surface area (TPSA) is 56.8 Å². The van der Waals surface area contributed by atoms with Gasteiger partial charge in [0, 0.05) is 42.6 Å². The second-order valence-electron chi connectivity index (χ2n) is 7.43. The molecule has 1 spiro atoms. The molecule has 4 atom stereocenters. The number of fused-ring (bicyclic) bond motifs is 3. The van der Waals surface area contributed by atoms with E-state index in [9.17, 15) is 5.11 Å². The highest BCUT2D eigenvalue weighted by molar-refractivity contribution is 5.42. The lowest BCUT2D eigenvalue weighted by atomic mass is 9.75. The van der Waals surface area contributed by atoms with Gasteiger partial charge in [-0.05, 0) is 19.2 Å². The Morgan fingerprint density at radius 2 is 1.88 bits per heavy atom. The number of likely N-dealkylation sites (tertiary alicyclic amines) is 1. The standard InChI is InChI=1S/C20H23N3O2/c1-23-11-10-20-15(12-23)18(13-6-2-4-8-16(13)24)21-19(22-20)14-7-3-5-9-17(14)25-20/h2-9,15,18-19,21-22,24H,10-12H2,1H3. The predicted octanol–water partition coefficient (Wildman–Crippen LogP) is 2.37. The molecule has 0 amide bonds. The largest absolute Gasteiger partial charge is 0.508 e. The van der Waals surface area contributed by atoms with E-state index in [1.807, 2.05) is 30.3 Å². The Kier molecular flexibility index (Phi) is 3.32. The summed E-state index contributed by atoms with van der Waals surface area (Å²) in [4.78, 5) is 2.34. The molecule has 3 N–H and O–H groups in total. The Morgan fingerprint density at radius 3 is 2.72 bits per heavy atom. The zero-order valence-electron chi connectivity index (χ0n) is 14.3. The average Bonchev–Trinajstić information content (AvgIpc) is 2.62. The van der Waals surface area contributed by atoms with Crippen LogP contribution in [0.1, 0.15) is 29.8 Å². The molecule has 25 heavy (non-hydrogen) atoms. The minimum absolute atomic E-state index is 0.0224. The number of nitrogens with zero attached hydrogens (tertiary/aromatic N) is 1. The summed E-state index contributed by atoms with van der Waals surface area (Å²) < 4.78 is 6.57. The Labute approximate surface area is 147 Å². The monoisotopic (exact) mass is 337 g/mol. The molecule has 5 heteroatoms. The third-order valence-corrected chi connectivity index (χ3v) is 5.90. The minimum atomic E-state index is -0.399. The van der Waals surface area contributed by atoms with E-state index < -0.39 is 5.72 Å². The number of phenolic OH excluding ortho intramolecular Hbond substituents is 1. The molecule has 130 valence electrons. The highest BCUT2D eigenvalue weighted by Gasteiger charge is 2.56. The molecule has 2 saturated heterocycles. The van der Waals surface area contributed by atoms with Gasteiger partial charge in [0.2, 0.25) is 0 Å². The molecule has 0 aliphatic carbocycles. The van der Waals surface area contributed by atoms with Gasteiger partial charge in [-0.3, -0.25) is 10.6 Å². The maximum absolute atomic E-state index is 10.5. The maximum atomic E-state index is 10.5. The van der Waals surface area contributed by atoms with Crippen molar-refractivity contribution >= 4 is 0 Å². The highest BCUT2D eigenvalue weighted by Crippen LogP contribution is 2.49. The maximum Gasteiger partial charge on any atom is 0.169 e. The molecular weight excluding hydrogens is 314 g/mol. The van der Waals surface area contributed by atoms with Crippen molar-refractivity contribution in [3.63, 3.8) is 0 Å². The van der Waals surface area contributed by atoms with Crippen LogP contribution in [0.2, 0.25) is 0 Å². The Balaban J connectivity index is 1.64. The van der Waals surface area contributed by atoms with E-state index in [2.05, 4.69) is 34.7 Å². The van der Waals surface area contributed by atoms with Crippen LogP contribution in [0, 0.1) is 5.92 Å². The lowest BCUT2D eigenvalue weighted by molar-refractivity contribution is -0.133. The van der Waals surface area contributed by atoms with Gasteiger partial charge in [-0.1, -0.05) is 36.4 Å². The quantitative estimate of drug-likeness (QED) is 0.746. The third-order valence-electron chi connectivity index (χ3n) is 5.90. The number of rotatable bonds is 1. The van der Waals surface area contributed by atoms with Crippen molar-refractivity contribution < 1.29 is 9.84 Å². The number of piperidine rings is 1. The molecule has 2 fully saturated rings. The van der Waals surface area contributed by atoms with E-state index in [0.29, 0.717) is 5.75 Å². The first-order chi connectivity index (χ1) is 12.2. The van der Waals surface area contributed by atoms with Crippen LogP contribution in [0.4, 0.5) is 0 Å². The van der Waals surface area contributed by atoms with Crippen LogP contribution < -0.4 is 15.4 Å². The molecule has 5 nitrogen and oxygen atoms in total. The van der Waals surface area contributed by atoms with Crippen molar-refractivity contribution in [1.29, 1.82) is 0 Å². The van der Waals surface area contributed by atoms with Crippen molar-refractivity contribution in [1.82, 2.24) is 15.5 Å². The summed E-state index contributed by atoms with van der Waals surface area (Å²) in [5.74, 6) is 1.50. The summed E-state index contributed by atoms with van der Waals surface area (Å²) in [5, 5.41) is 17.9. The molecule has 4 unspecified atom stereocenters. The number of para-hydroxylation sites is 2. The van der Waals surface area contributed by atoms with Gasteiger partial charge >= 0.3 is 0 Å². The summed E-state index contributed by atoms with van der Waals surface area (Å²) in [6.07, 6.45) is 0.944. The van der Waals surface area contributed by atoms with Crippen LogP contribution in [0.15, 0.2) is 48.5 Å². The predicted molar refractivity (Wildman–Crippen MR) is 95.3 cm³/mol. The normalized spacial score (nSPS) is 33.9. The van der Waals surface area contributed by atoms with Crippen LogP contribution in [-0.2, 0) is 0 Å². The summed E-state index contributed by atoms with van der Waals surface area (Å²) in [5.41, 5.74) is 1.68. The lowest BCUT2D eigenvalue weighted by Gasteiger charge is -2.58. The van der Waals surface area contributed by atoms with Gasteiger partial charge in [-0.15, -0.1) is 0 Å². The fraction of sp³-hybridized carbons (Fsp3) is 0.400. The first-order valence-corrected chi connectivity index (χ1v) is 8.94. The number of ether oxygens (including phenoxy) is 1. The van der Waals surface area contributed by atoms with Gasteiger partial charge in [0.1, 0.15) is 11.5 Å². The van der Waals surface area contributed by atoms with E-state index in [1.54, 1.807) is 6.07 Å². The van der Waals surface area contributed by atoms with Crippen LogP contribution in [-0.4, -0.2) is 35.9 Å². The van der Waals surface area contributed by atoms with E-state index in [0.717, 1.165) is 36.4 Å². The Bertz CT molecular complexity index is 811. The molecule has 0 aromatic heterocycles. The zero-order chi connectivity index (χ0) is 17.0. The van der Waals surface area contributed by atoms with Crippen LogP contribution >= 0.6 is 0 Å². The first-order valence-electron chi connectivity index (χ1n) is 8.94. The molecule has 2 bridgehead atoms. The summed E-state index contributed by atoms with van der Waals surface area (Å²) in [7, 11) is 2.15. The third kappa shape index (κ3) is 2.27. The van der Waals surface area contributed by atoms with Crippen molar-refractivity contribution in [3.05, 3.63) is 59.7 Å². The molecule has 2 aromatic rings. The zero-order valence-corrected chi connectivity index (χ0v) is 14.3. The molecule has 2 aromatic carbocycles. The number of nitrogens with one attached hydrogen (secondary N) is 2. The SMILES string of the molecule is CN1CCC23NC(NC(c4ccccc4O)C2C1)c1ccccc1O3. The number of hydrogen-bond donors (Lipinski definition) is 3. The number of benzene rings is 2. The van der Waals surface area contributed by atoms with Gasteiger partial charge in [-0.2, -0.15) is 0 Å². The molecule has 5 rings (SSSR count). The molecule has 3 aliphatic rings. The van der Waals surface area contributed by atoms with Gasteiger partial charge in [0.25, 0.3) is 0 Å². The Morgan fingerprint density at radius 1 is 1.12 bits per heavy atom. The van der Waals surface area contributed by atoms with Crippen LogP contribution in [0.5, 0.6) is 11.5 Å². The van der Waals surface area contributed by atoms with Crippen LogP contribution in [0.3, 0.4) is 0 Å². The minimum Gasteiger partial charge on any atom is -0.508 e. The second-order valence-corrected chi connectivity index (χ2v) is 7.43. The van der Waals surface area contributed by atoms with E-state index in [4.69, 9.17) is 4.74 Å². The molecule has 3 heterocycles. The Hall–Kier alpha value is -2.08. The number of aromatic hydroxyl groups is 1. The molecule has 0 saturated carbocycles. The summed E-state index contributed by atoms with van der Waals surface area (Å²) >= 11 is 0. The van der Waals surface area contributed by atoms with Gasteiger partial charge in [-0.25, -0.2) is 0 Å². The fourth-order valence-electron chi connectivity index (χ4n) is 4.64. The smallest absolute Gasteiger partial charge is 0.169 e. The van der Waals surface area contributed by atoms with Gasteiger partial charge < -0.3 is 14.7 Å². The molecular formula is C20H23N3O2. The molecule has 3 aliphatic heterocycles. The van der Waals surface area contributed by atoms with Crippen molar-refractivity contribution in [2.24, 2.45) is 5.92 Å². The van der Waals surface area contributed by atoms with E-state index in [1.165, 1.54) is 0 Å². The summed E-state index contributed by atoms with van der Waals surface area (Å²) in [6.45, 7) is 1.90.